The maximum Gasteiger partial charge on any atom is 0.241 e. The summed E-state index contributed by atoms with van der Waals surface area (Å²) < 4.78 is 0. The topological polar surface area (TPSA) is 72.9 Å². The van der Waals surface area contributed by atoms with Crippen LogP contribution in [0.5, 0.6) is 0 Å². The Bertz CT molecular complexity index is 834. The molecule has 0 spiro atoms. The van der Waals surface area contributed by atoms with E-state index in [2.05, 4.69) is 50.9 Å². The van der Waals surface area contributed by atoms with Crippen LogP contribution >= 0.6 is 35.3 Å². The van der Waals surface area contributed by atoms with Crippen molar-refractivity contribution in [1.82, 2.24) is 20.5 Å². The van der Waals surface area contributed by atoms with Crippen molar-refractivity contribution in [3.63, 3.8) is 0 Å². The Morgan fingerprint density at radius 3 is 2.55 bits per heavy atom. The van der Waals surface area contributed by atoms with E-state index in [4.69, 9.17) is 0 Å². The molecule has 0 radical (unpaired) electrons. The number of nitrogens with one attached hydrogen (secondary N) is 2. The Morgan fingerprint density at radius 1 is 1.23 bits per heavy atom. The molecule has 0 unspecified atom stereocenters. The number of anilines is 1. The molecule has 1 saturated heterocycles. The van der Waals surface area contributed by atoms with Crippen molar-refractivity contribution in [3.05, 3.63) is 47.0 Å². The quantitative estimate of drug-likeness (QED) is 0.312. The molecule has 170 valence electrons. The van der Waals surface area contributed by atoms with E-state index in [-0.39, 0.29) is 36.4 Å². The number of rotatable bonds is 7. The first-order chi connectivity index (χ1) is 14.5. The van der Waals surface area contributed by atoms with Crippen molar-refractivity contribution in [3.8, 4) is 0 Å². The van der Waals surface area contributed by atoms with Crippen LogP contribution in [-0.4, -0.2) is 62.5 Å². The van der Waals surface area contributed by atoms with Gasteiger partial charge >= 0.3 is 0 Å². The summed E-state index contributed by atoms with van der Waals surface area (Å²) in [5, 5.41) is 9.36. The van der Waals surface area contributed by atoms with Crippen LogP contribution < -0.4 is 15.5 Å². The van der Waals surface area contributed by atoms with Gasteiger partial charge in [0.05, 0.1) is 18.8 Å². The lowest BCUT2D eigenvalue weighted by Gasteiger charge is -2.32. The second-order valence-corrected chi connectivity index (χ2v) is 8.65. The van der Waals surface area contributed by atoms with E-state index in [0.717, 1.165) is 43.2 Å². The van der Waals surface area contributed by atoms with Gasteiger partial charge in [-0.3, -0.25) is 9.79 Å². The van der Waals surface area contributed by atoms with E-state index < -0.39 is 0 Å². The molecule has 31 heavy (non-hydrogen) atoms. The smallest absolute Gasteiger partial charge is 0.241 e. The van der Waals surface area contributed by atoms with Gasteiger partial charge in [-0.2, -0.15) is 0 Å². The monoisotopic (exact) mass is 556 g/mol. The third-order valence-electron chi connectivity index (χ3n) is 5.32. The molecule has 3 rings (SSSR count). The van der Waals surface area contributed by atoms with E-state index in [0.29, 0.717) is 18.4 Å². The normalized spacial score (nSPS) is 14.7. The molecule has 0 saturated carbocycles. The van der Waals surface area contributed by atoms with Crippen molar-refractivity contribution in [2.24, 2.45) is 10.9 Å². The van der Waals surface area contributed by atoms with Gasteiger partial charge in [0.25, 0.3) is 0 Å². The summed E-state index contributed by atoms with van der Waals surface area (Å²) in [7, 11) is 5.67. The number of carbonyl (C=O) groups is 1. The zero-order chi connectivity index (χ0) is 21.3. The van der Waals surface area contributed by atoms with E-state index in [1.807, 2.05) is 29.3 Å². The Morgan fingerprint density at radius 2 is 1.94 bits per heavy atom. The fourth-order valence-corrected chi connectivity index (χ4v) is 4.34. The van der Waals surface area contributed by atoms with E-state index in [1.165, 1.54) is 5.56 Å². The molecular weight excluding hydrogens is 523 g/mol. The first kappa shape index (κ1) is 25.4. The molecule has 2 aromatic rings. The third kappa shape index (κ3) is 7.95. The molecule has 7 nitrogen and oxygen atoms in total. The SMILES string of the molecule is CN=C(NCC(=O)N1CCC(Cc2ccccc2)CC1)NCc1csc(N(C)C)n1.I. The highest BCUT2D eigenvalue weighted by atomic mass is 127. The highest BCUT2D eigenvalue weighted by molar-refractivity contribution is 14.0. The Balaban J connectivity index is 0.00000341. The number of piperidine rings is 1. The summed E-state index contributed by atoms with van der Waals surface area (Å²) >= 11 is 1.61. The number of carbonyl (C=O) groups excluding carboxylic acids is 1. The van der Waals surface area contributed by atoms with Crippen molar-refractivity contribution in [2.75, 3.05) is 45.7 Å². The number of likely N-dealkylation sites (tertiary alicyclic amines) is 1. The summed E-state index contributed by atoms with van der Waals surface area (Å²) in [6.07, 6.45) is 3.22. The minimum atomic E-state index is 0. The van der Waals surface area contributed by atoms with Crippen molar-refractivity contribution in [2.45, 2.75) is 25.8 Å². The lowest BCUT2D eigenvalue weighted by atomic mass is 9.90. The van der Waals surface area contributed by atoms with Gasteiger partial charge in [0.15, 0.2) is 11.1 Å². The Hall–Kier alpha value is -1.88. The predicted molar refractivity (Wildman–Crippen MR) is 140 cm³/mol. The molecule has 1 aliphatic heterocycles. The van der Waals surface area contributed by atoms with Gasteiger partial charge in [0, 0.05) is 39.6 Å². The van der Waals surface area contributed by atoms with Crippen LogP contribution in [0.4, 0.5) is 5.13 Å². The van der Waals surface area contributed by atoms with E-state index in [9.17, 15) is 4.79 Å². The minimum absolute atomic E-state index is 0. The van der Waals surface area contributed by atoms with Crippen molar-refractivity contribution < 1.29 is 4.79 Å². The van der Waals surface area contributed by atoms with Crippen LogP contribution in [0.15, 0.2) is 40.7 Å². The number of hydrogen-bond acceptors (Lipinski definition) is 5. The summed E-state index contributed by atoms with van der Waals surface area (Å²) in [5.41, 5.74) is 2.34. The standard InChI is InChI=1S/C22H32N6OS.HI/c1-23-21(24-14-19-16-30-22(26-19)27(2)3)25-15-20(29)28-11-9-18(10-12-28)13-17-7-5-4-6-8-17;/h4-8,16,18H,9-15H2,1-3H3,(H2,23,24,25);1H. The van der Waals surface area contributed by atoms with Gasteiger partial charge in [-0.05, 0) is 30.7 Å². The number of aliphatic imine (C=N–C) groups is 1. The first-order valence-corrected chi connectivity index (χ1v) is 11.3. The summed E-state index contributed by atoms with van der Waals surface area (Å²) in [5.74, 6) is 1.39. The van der Waals surface area contributed by atoms with Crippen molar-refractivity contribution >= 4 is 52.3 Å². The number of aromatic nitrogens is 1. The lowest BCUT2D eigenvalue weighted by Crippen LogP contribution is -2.46. The molecule has 1 aliphatic rings. The van der Waals surface area contributed by atoms with Crippen LogP contribution in [0.3, 0.4) is 0 Å². The first-order valence-electron chi connectivity index (χ1n) is 10.4. The predicted octanol–water partition coefficient (Wildman–Crippen LogP) is 2.97. The summed E-state index contributed by atoms with van der Waals surface area (Å²) in [6, 6.07) is 10.6. The van der Waals surface area contributed by atoms with Gasteiger partial charge < -0.3 is 20.4 Å². The molecule has 1 aromatic carbocycles. The largest absolute Gasteiger partial charge is 0.354 e. The average molecular weight is 557 g/mol. The molecule has 1 fully saturated rings. The average Bonchev–Trinajstić information content (AvgIpc) is 3.24. The summed E-state index contributed by atoms with van der Waals surface area (Å²) in [6.45, 7) is 2.48. The fraction of sp³-hybridized carbons (Fsp3) is 0.500. The van der Waals surface area contributed by atoms with Crippen LogP contribution in [0.2, 0.25) is 0 Å². The molecule has 1 aromatic heterocycles. The molecule has 0 bridgehead atoms. The van der Waals surface area contributed by atoms with Crippen molar-refractivity contribution in [1.29, 1.82) is 0 Å². The molecule has 2 N–H and O–H groups in total. The number of guanidine groups is 1. The lowest BCUT2D eigenvalue weighted by molar-refractivity contribution is -0.131. The van der Waals surface area contributed by atoms with E-state index >= 15 is 0 Å². The number of nitrogens with zero attached hydrogens (tertiary/aromatic N) is 4. The highest BCUT2D eigenvalue weighted by Crippen LogP contribution is 2.21. The minimum Gasteiger partial charge on any atom is -0.354 e. The molecular formula is C22H33IN6OS. The Kier molecular flexibility index (Phi) is 10.5. The molecule has 2 heterocycles. The highest BCUT2D eigenvalue weighted by Gasteiger charge is 2.22. The van der Waals surface area contributed by atoms with Gasteiger partial charge in [-0.15, -0.1) is 35.3 Å². The molecule has 1 amide bonds. The second-order valence-electron chi connectivity index (χ2n) is 7.81. The van der Waals surface area contributed by atoms with Crippen LogP contribution in [0.1, 0.15) is 24.1 Å². The number of thiazole rings is 1. The third-order valence-corrected chi connectivity index (χ3v) is 6.38. The van der Waals surface area contributed by atoms with Crippen LogP contribution in [-0.2, 0) is 17.8 Å². The number of halogens is 1. The number of amides is 1. The van der Waals surface area contributed by atoms with Gasteiger partial charge in [0.1, 0.15) is 0 Å². The molecule has 0 atom stereocenters. The van der Waals surface area contributed by atoms with Gasteiger partial charge in [-0.25, -0.2) is 4.98 Å². The number of benzene rings is 1. The van der Waals surface area contributed by atoms with Gasteiger partial charge in [-0.1, -0.05) is 30.3 Å². The maximum absolute atomic E-state index is 12.6. The second kappa shape index (κ2) is 12.8. The van der Waals surface area contributed by atoms with E-state index in [1.54, 1.807) is 18.4 Å². The molecule has 9 heteroatoms. The maximum atomic E-state index is 12.6. The summed E-state index contributed by atoms with van der Waals surface area (Å²) in [4.78, 5) is 25.3. The molecule has 0 aliphatic carbocycles. The zero-order valence-corrected chi connectivity index (χ0v) is 21.7. The zero-order valence-electron chi connectivity index (χ0n) is 18.5. The number of hydrogen-bond donors (Lipinski definition) is 2. The van der Waals surface area contributed by atoms with Gasteiger partial charge in [0.2, 0.25) is 5.91 Å². The van der Waals surface area contributed by atoms with Crippen LogP contribution in [0, 0.1) is 5.92 Å². The Labute approximate surface area is 206 Å². The van der Waals surface area contributed by atoms with Crippen LogP contribution in [0.25, 0.3) is 0 Å². The fourth-order valence-electron chi connectivity index (χ4n) is 3.58.